The molecule has 0 aliphatic rings. The Balaban J connectivity index is 3.05. The van der Waals surface area contributed by atoms with E-state index in [2.05, 4.69) is 4.74 Å². The van der Waals surface area contributed by atoms with Gasteiger partial charge in [-0.2, -0.15) is 4.39 Å². The molecule has 0 bridgehead atoms. The predicted octanol–water partition coefficient (Wildman–Crippen LogP) is 2.50. The summed E-state index contributed by atoms with van der Waals surface area (Å²) >= 11 is 0. The van der Waals surface area contributed by atoms with Crippen molar-refractivity contribution in [3.63, 3.8) is 0 Å². The monoisotopic (exact) mass is 272 g/mol. The van der Waals surface area contributed by atoms with Gasteiger partial charge in [-0.25, -0.2) is 9.18 Å². The standard InChI is InChI=1S/C13H14F2O4/c1-3-5-19-10-7-8(6-9(14)11(10)15)12(16)13(17)18-4-2/h6-7H,3-5H2,1-2H3. The summed E-state index contributed by atoms with van der Waals surface area (Å²) in [5, 5.41) is 0. The van der Waals surface area contributed by atoms with Gasteiger partial charge < -0.3 is 9.47 Å². The minimum atomic E-state index is -1.25. The topological polar surface area (TPSA) is 52.6 Å². The van der Waals surface area contributed by atoms with Crippen molar-refractivity contribution in [2.24, 2.45) is 0 Å². The zero-order chi connectivity index (χ0) is 14.4. The largest absolute Gasteiger partial charge is 0.490 e. The van der Waals surface area contributed by atoms with Crippen molar-refractivity contribution in [2.45, 2.75) is 20.3 Å². The van der Waals surface area contributed by atoms with Crippen molar-refractivity contribution in [3.05, 3.63) is 29.3 Å². The third-order valence-corrected chi connectivity index (χ3v) is 2.18. The third kappa shape index (κ3) is 3.74. The van der Waals surface area contributed by atoms with E-state index in [1.165, 1.54) is 6.92 Å². The van der Waals surface area contributed by atoms with Gasteiger partial charge >= 0.3 is 5.97 Å². The fourth-order valence-electron chi connectivity index (χ4n) is 1.33. The van der Waals surface area contributed by atoms with E-state index in [-0.39, 0.29) is 18.8 Å². The van der Waals surface area contributed by atoms with Crippen molar-refractivity contribution < 1.29 is 27.8 Å². The number of carbonyl (C=O) groups excluding carboxylic acids is 2. The van der Waals surface area contributed by atoms with Gasteiger partial charge in [-0.3, -0.25) is 4.79 Å². The second-order valence-corrected chi connectivity index (χ2v) is 3.67. The number of hydrogen-bond donors (Lipinski definition) is 0. The zero-order valence-corrected chi connectivity index (χ0v) is 10.7. The number of esters is 1. The molecule has 0 unspecified atom stereocenters. The molecule has 1 rings (SSSR count). The molecule has 0 atom stereocenters. The van der Waals surface area contributed by atoms with Crippen LogP contribution in [0.3, 0.4) is 0 Å². The van der Waals surface area contributed by atoms with E-state index in [1.54, 1.807) is 6.92 Å². The van der Waals surface area contributed by atoms with E-state index in [0.29, 0.717) is 12.5 Å². The van der Waals surface area contributed by atoms with E-state index in [0.717, 1.165) is 6.07 Å². The summed E-state index contributed by atoms with van der Waals surface area (Å²) in [4.78, 5) is 22.8. The molecule has 104 valence electrons. The average Bonchev–Trinajstić information content (AvgIpc) is 2.39. The normalized spacial score (nSPS) is 10.1. The van der Waals surface area contributed by atoms with Crippen molar-refractivity contribution in [2.75, 3.05) is 13.2 Å². The van der Waals surface area contributed by atoms with Crippen LogP contribution in [0.4, 0.5) is 8.78 Å². The van der Waals surface area contributed by atoms with E-state index >= 15 is 0 Å². The van der Waals surface area contributed by atoms with Crippen LogP contribution in [0.25, 0.3) is 0 Å². The van der Waals surface area contributed by atoms with Crippen molar-refractivity contribution in [1.82, 2.24) is 0 Å². The Morgan fingerprint density at radius 1 is 1.21 bits per heavy atom. The summed E-state index contributed by atoms with van der Waals surface area (Å²) in [6, 6.07) is 1.64. The lowest BCUT2D eigenvalue weighted by molar-refractivity contribution is -0.137. The van der Waals surface area contributed by atoms with Gasteiger partial charge in [-0.1, -0.05) is 6.92 Å². The molecule has 0 saturated carbocycles. The highest BCUT2D eigenvalue weighted by atomic mass is 19.2. The molecular weight excluding hydrogens is 258 g/mol. The van der Waals surface area contributed by atoms with Gasteiger partial charge in [0.25, 0.3) is 5.78 Å². The number of hydrogen-bond acceptors (Lipinski definition) is 4. The SMILES string of the molecule is CCCOc1cc(C(=O)C(=O)OCC)cc(F)c1F. The highest BCUT2D eigenvalue weighted by Gasteiger charge is 2.22. The first-order chi connectivity index (χ1) is 9.01. The van der Waals surface area contributed by atoms with Gasteiger partial charge in [0.05, 0.1) is 13.2 Å². The van der Waals surface area contributed by atoms with Crippen LogP contribution in [-0.2, 0) is 9.53 Å². The molecule has 0 N–H and O–H groups in total. The number of carbonyl (C=O) groups is 2. The van der Waals surface area contributed by atoms with Crippen LogP contribution in [0, 0.1) is 11.6 Å². The van der Waals surface area contributed by atoms with E-state index in [1.807, 2.05) is 0 Å². The molecule has 4 nitrogen and oxygen atoms in total. The van der Waals surface area contributed by atoms with E-state index in [4.69, 9.17) is 4.74 Å². The van der Waals surface area contributed by atoms with Gasteiger partial charge in [-0.15, -0.1) is 0 Å². The Morgan fingerprint density at radius 3 is 2.47 bits per heavy atom. The predicted molar refractivity (Wildman–Crippen MR) is 63.1 cm³/mol. The minimum absolute atomic E-state index is 0.0213. The average molecular weight is 272 g/mol. The number of halogens is 2. The van der Waals surface area contributed by atoms with Crippen LogP contribution >= 0.6 is 0 Å². The molecule has 0 aromatic heterocycles. The maximum atomic E-state index is 13.4. The molecule has 6 heteroatoms. The van der Waals surface area contributed by atoms with Crippen molar-refractivity contribution in [3.8, 4) is 5.75 Å². The summed E-state index contributed by atoms with van der Waals surface area (Å²) in [6.45, 7) is 3.52. The van der Waals surface area contributed by atoms with Crippen LogP contribution in [0.15, 0.2) is 12.1 Å². The Labute approximate surface area is 109 Å². The summed E-state index contributed by atoms with van der Waals surface area (Å²) in [6.07, 6.45) is 0.594. The van der Waals surface area contributed by atoms with Crippen LogP contribution < -0.4 is 4.74 Å². The molecule has 0 radical (unpaired) electrons. The second kappa shape index (κ2) is 6.82. The van der Waals surface area contributed by atoms with Gasteiger partial charge in [-0.05, 0) is 25.5 Å². The maximum absolute atomic E-state index is 13.4. The van der Waals surface area contributed by atoms with Gasteiger partial charge in [0.2, 0.25) is 5.82 Å². The smallest absolute Gasteiger partial charge is 0.379 e. The molecule has 19 heavy (non-hydrogen) atoms. The van der Waals surface area contributed by atoms with Crippen LogP contribution in [-0.4, -0.2) is 25.0 Å². The van der Waals surface area contributed by atoms with Crippen LogP contribution in [0.5, 0.6) is 5.75 Å². The zero-order valence-electron chi connectivity index (χ0n) is 10.7. The maximum Gasteiger partial charge on any atom is 0.379 e. The molecule has 0 aliphatic carbocycles. The number of ether oxygens (including phenoxy) is 2. The summed E-state index contributed by atoms with van der Waals surface area (Å²) in [7, 11) is 0. The Bertz CT molecular complexity index is 486. The lowest BCUT2D eigenvalue weighted by Crippen LogP contribution is -2.18. The van der Waals surface area contributed by atoms with E-state index < -0.39 is 29.1 Å². The lowest BCUT2D eigenvalue weighted by atomic mass is 10.1. The molecule has 1 aromatic carbocycles. The van der Waals surface area contributed by atoms with Gasteiger partial charge in [0.1, 0.15) is 0 Å². The fraction of sp³-hybridized carbons (Fsp3) is 0.385. The summed E-state index contributed by atoms with van der Waals surface area (Å²) in [5.74, 6) is -4.98. The molecule has 0 spiro atoms. The quantitative estimate of drug-likeness (QED) is 0.453. The highest BCUT2D eigenvalue weighted by molar-refractivity contribution is 6.40. The lowest BCUT2D eigenvalue weighted by Gasteiger charge is -2.08. The molecule has 0 amide bonds. The number of Topliss-reactive ketones (excluding diaryl/α,β-unsaturated/α-hetero) is 1. The number of benzene rings is 1. The van der Waals surface area contributed by atoms with Gasteiger partial charge in [0, 0.05) is 5.56 Å². The third-order valence-electron chi connectivity index (χ3n) is 2.18. The molecule has 0 heterocycles. The number of ketones is 1. The fourth-order valence-corrected chi connectivity index (χ4v) is 1.33. The Hall–Kier alpha value is -1.98. The molecule has 0 aliphatic heterocycles. The molecule has 1 aromatic rings. The molecule has 0 saturated heterocycles. The first kappa shape index (κ1) is 15.1. The highest BCUT2D eigenvalue weighted by Crippen LogP contribution is 2.23. The summed E-state index contributed by atoms with van der Waals surface area (Å²) < 4.78 is 36.2. The van der Waals surface area contributed by atoms with Gasteiger partial charge in [0.15, 0.2) is 11.6 Å². The molecular formula is C13H14F2O4. The Morgan fingerprint density at radius 2 is 1.89 bits per heavy atom. The van der Waals surface area contributed by atoms with E-state index in [9.17, 15) is 18.4 Å². The first-order valence-electron chi connectivity index (χ1n) is 5.84. The first-order valence-corrected chi connectivity index (χ1v) is 5.84. The van der Waals surface area contributed by atoms with Crippen LogP contribution in [0.1, 0.15) is 30.6 Å². The Kier molecular flexibility index (Phi) is 5.41. The number of rotatable bonds is 6. The molecule has 0 fully saturated rings. The van der Waals surface area contributed by atoms with Crippen molar-refractivity contribution in [1.29, 1.82) is 0 Å². The summed E-state index contributed by atoms with van der Waals surface area (Å²) in [5.41, 5.74) is -0.302. The minimum Gasteiger partial charge on any atom is -0.490 e. The van der Waals surface area contributed by atoms with Crippen LogP contribution in [0.2, 0.25) is 0 Å². The second-order valence-electron chi connectivity index (χ2n) is 3.67. The van der Waals surface area contributed by atoms with Crippen molar-refractivity contribution >= 4 is 11.8 Å².